The van der Waals surface area contributed by atoms with E-state index in [9.17, 15) is 9.90 Å². The molecule has 0 aromatic heterocycles. The zero-order valence-corrected chi connectivity index (χ0v) is 30.5. The lowest BCUT2D eigenvalue weighted by Gasteiger charge is -2.24. The summed E-state index contributed by atoms with van der Waals surface area (Å²) in [5.41, 5.74) is 0.540. The van der Waals surface area contributed by atoms with Gasteiger partial charge >= 0.3 is 5.97 Å². The number of allylic oxidation sites excluding steroid dienone is 2. The quantitative estimate of drug-likeness (QED) is 0.0892. The fourth-order valence-electron chi connectivity index (χ4n) is 5.20. The number of alkyl halides is 1. The first-order chi connectivity index (χ1) is 20.7. The highest BCUT2D eigenvalue weighted by molar-refractivity contribution is 14.1. The van der Waals surface area contributed by atoms with Gasteiger partial charge in [0.25, 0.3) is 0 Å². The third-order valence-electron chi connectivity index (χ3n) is 7.20. The van der Waals surface area contributed by atoms with Crippen molar-refractivity contribution in [3.8, 4) is 0 Å². The molecule has 0 radical (unpaired) electrons. The zero-order valence-electron chi connectivity index (χ0n) is 28.3. The smallest absolute Gasteiger partial charge is 0.338 e. The highest BCUT2D eigenvalue weighted by Crippen LogP contribution is 2.34. The Morgan fingerprint density at radius 1 is 0.864 bits per heavy atom. The first kappa shape index (κ1) is 38.9. The molecule has 3 rings (SSSR count). The molecule has 1 aromatic rings. The molecule has 2 heterocycles. The molecule has 0 bridgehead atoms. The van der Waals surface area contributed by atoms with Crippen LogP contribution in [0.3, 0.4) is 0 Å². The third-order valence-corrected chi connectivity index (χ3v) is 7.82. The summed E-state index contributed by atoms with van der Waals surface area (Å²) in [4.78, 5) is 12.6. The number of aliphatic hydroxyl groups is 1. The lowest BCUT2D eigenvalue weighted by molar-refractivity contribution is -0.153. The highest BCUT2D eigenvalue weighted by atomic mass is 127. The maximum Gasteiger partial charge on any atom is 0.338 e. The van der Waals surface area contributed by atoms with Crippen molar-refractivity contribution in [2.45, 2.75) is 143 Å². The van der Waals surface area contributed by atoms with E-state index < -0.39 is 23.8 Å². The summed E-state index contributed by atoms with van der Waals surface area (Å²) >= 11 is 2.33. The molecule has 2 aliphatic rings. The molecule has 0 saturated carbocycles. The van der Waals surface area contributed by atoms with Crippen molar-refractivity contribution in [3.05, 3.63) is 60.2 Å². The van der Waals surface area contributed by atoms with Gasteiger partial charge in [0.15, 0.2) is 11.6 Å². The molecule has 2 fully saturated rings. The number of esters is 1. The van der Waals surface area contributed by atoms with Gasteiger partial charge in [0.2, 0.25) is 0 Å². The summed E-state index contributed by atoms with van der Waals surface area (Å²) in [5, 5.41) is 10.2. The SMILES string of the molecule is CC(C)C/C=C\C(OC(=O)c1ccccc1)C1OC(C)(C)O[C@H]1CCI.CCC[C@@H]1OC(C)(C)OC1C(O)/C=C\CC(C)C. The number of aliphatic hydroxyl groups excluding tert-OH is 1. The fourth-order valence-corrected chi connectivity index (χ4v) is 5.81. The molecule has 1 N–H and O–H groups in total. The molecule has 1 aromatic carbocycles. The third kappa shape index (κ3) is 13.6. The molecule has 2 saturated heterocycles. The highest BCUT2D eigenvalue weighted by Gasteiger charge is 2.46. The topological polar surface area (TPSA) is 83.5 Å². The van der Waals surface area contributed by atoms with Crippen molar-refractivity contribution >= 4 is 28.6 Å². The van der Waals surface area contributed by atoms with Gasteiger partial charge < -0.3 is 28.8 Å². The largest absolute Gasteiger partial charge is 0.452 e. The summed E-state index contributed by atoms with van der Waals surface area (Å²) < 4.78 is 30.6. The first-order valence-corrected chi connectivity index (χ1v) is 17.7. The maximum atomic E-state index is 12.6. The standard InChI is InChI=1S/C21H29IO4.C15H28O3/c1-15(2)9-8-12-17(24-20(23)16-10-6-5-7-11-16)19-18(13-14-22)25-21(3,4)26-19;1-6-8-13-14(18-15(4,5)17-13)12(16)10-7-9-11(2)3/h5-8,10-12,15,17-19H,9,13-14H2,1-4H3;7,10-14,16H,6,8-9H2,1-5H3/b12-8-;10-7-/t17?,18-,19?;12?,13-,14?/m00/s1. The van der Waals surface area contributed by atoms with E-state index in [1.165, 1.54) is 0 Å². The van der Waals surface area contributed by atoms with E-state index in [-0.39, 0.29) is 30.4 Å². The summed E-state index contributed by atoms with van der Waals surface area (Å²) in [6, 6.07) is 9.06. The van der Waals surface area contributed by atoms with Crippen LogP contribution in [0.1, 0.15) is 105 Å². The van der Waals surface area contributed by atoms with E-state index in [2.05, 4.69) is 63.3 Å². The summed E-state index contributed by atoms with van der Waals surface area (Å²) in [6.07, 6.45) is 10.9. The Bertz CT molecular complexity index is 1020. The molecule has 250 valence electrons. The van der Waals surface area contributed by atoms with Crippen LogP contribution in [0.4, 0.5) is 0 Å². The van der Waals surface area contributed by atoms with Gasteiger partial charge in [0, 0.05) is 4.43 Å². The Labute approximate surface area is 280 Å². The fraction of sp³-hybridized carbons (Fsp3) is 0.694. The molecule has 6 atom stereocenters. The van der Waals surface area contributed by atoms with Crippen LogP contribution >= 0.6 is 22.6 Å². The monoisotopic (exact) mass is 728 g/mol. The number of rotatable bonds is 14. The van der Waals surface area contributed by atoms with Gasteiger partial charge in [-0.15, -0.1) is 0 Å². The van der Waals surface area contributed by atoms with Gasteiger partial charge in [-0.1, -0.05) is 100 Å². The minimum atomic E-state index is -0.676. The van der Waals surface area contributed by atoms with Crippen LogP contribution in [-0.4, -0.2) is 63.7 Å². The van der Waals surface area contributed by atoms with Gasteiger partial charge in [0.05, 0.1) is 17.8 Å². The summed E-state index contributed by atoms with van der Waals surface area (Å²) in [7, 11) is 0. The Kier molecular flexibility index (Phi) is 16.6. The predicted molar refractivity (Wildman–Crippen MR) is 185 cm³/mol. The van der Waals surface area contributed by atoms with Crippen molar-refractivity contribution in [2.24, 2.45) is 11.8 Å². The normalized spacial score (nSPS) is 25.8. The van der Waals surface area contributed by atoms with Crippen LogP contribution in [0.5, 0.6) is 0 Å². The van der Waals surface area contributed by atoms with Crippen LogP contribution in [0.25, 0.3) is 0 Å². The number of carbonyl (C=O) groups excluding carboxylic acids is 1. The van der Waals surface area contributed by atoms with Gasteiger partial charge in [-0.05, 0) is 83.4 Å². The number of carbonyl (C=O) groups is 1. The van der Waals surface area contributed by atoms with Crippen LogP contribution in [0.2, 0.25) is 0 Å². The van der Waals surface area contributed by atoms with Crippen molar-refractivity contribution in [1.82, 2.24) is 0 Å². The number of ether oxygens (including phenoxy) is 5. The van der Waals surface area contributed by atoms with Crippen molar-refractivity contribution in [2.75, 3.05) is 4.43 Å². The predicted octanol–water partition coefficient (Wildman–Crippen LogP) is 8.43. The average molecular weight is 729 g/mol. The van der Waals surface area contributed by atoms with Gasteiger partial charge in [-0.2, -0.15) is 0 Å². The molecule has 4 unspecified atom stereocenters. The van der Waals surface area contributed by atoms with Crippen molar-refractivity contribution < 1.29 is 33.6 Å². The summed E-state index contributed by atoms with van der Waals surface area (Å²) in [5.74, 6) is -0.454. The van der Waals surface area contributed by atoms with Crippen LogP contribution in [-0.2, 0) is 23.7 Å². The lowest BCUT2D eigenvalue weighted by atomic mass is 10.0. The minimum Gasteiger partial charge on any atom is -0.452 e. The van der Waals surface area contributed by atoms with Crippen molar-refractivity contribution in [3.63, 3.8) is 0 Å². The van der Waals surface area contributed by atoms with Gasteiger partial charge in [-0.3, -0.25) is 0 Å². The first-order valence-electron chi connectivity index (χ1n) is 16.2. The number of benzene rings is 1. The Morgan fingerprint density at radius 3 is 1.91 bits per heavy atom. The molecule has 0 spiro atoms. The molecule has 8 heteroatoms. The van der Waals surface area contributed by atoms with E-state index >= 15 is 0 Å². The minimum absolute atomic E-state index is 0.0105. The second kappa shape index (κ2) is 18.7. The molecule has 2 aliphatic heterocycles. The number of halogens is 1. The van der Waals surface area contributed by atoms with E-state index in [4.69, 9.17) is 23.7 Å². The van der Waals surface area contributed by atoms with E-state index in [1.54, 1.807) is 12.1 Å². The lowest BCUT2D eigenvalue weighted by Crippen LogP contribution is -2.38. The number of hydrogen-bond acceptors (Lipinski definition) is 7. The van der Waals surface area contributed by atoms with Crippen LogP contribution in [0.15, 0.2) is 54.6 Å². The van der Waals surface area contributed by atoms with E-state index in [1.807, 2.05) is 64.1 Å². The Morgan fingerprint density at radius 2 is 1.39 bits per heavy atom. The maximum absolute atomic E-state index is 12.6. The molecule has 0 aliphatic carbocycles. The van der Waals surface area contributed by atoms with E-state index in [0.717, 1.165) is 36.5 Å². The van der Waals surface area contributed by atoms with E-state index in [0.29, 0.717) is 17.4 Å². The molecule has 0 amide bonds. The Hall–Kier alpha value is -1.30. The Balaban J connectivity index is 0.000000329. The second-order valence-electron chi connectivity index (χ2n) is 13.4. The van der Waals surface area contributed by atoms with Crippen LogP contribution in [0, 0.1) is 11.8 Å². The second-order valence-corrected chi connectivity index (χ2v) is 14.5. The average Bonchev–Trinajstić information content (AvgIpc) is 3.42. The number of hydrogen-bond donors (Lipinski definition) is 1. The zero-order chi connectivity index (χ0) is 32.9. The molecular formula is C36H57IO7. The summed E-state index contributed by atoms with van der Waals surface area (Å²) in [6.45, 7) is 18.4. The molecule has 44 heavy (non-hydrogen) atoms. The molecular weight excluding hydrogens is 671 g/mol. The molecule has 7 nitrogen and oxygen atoms in total. The van der Waals surface area contributed by atoms with Crippen molar-refractivity contribution in [1.29, 1.82) is 0 Å². The van der Waals surface area contributed by atoms with Crippen LogP contribution < -0.4 is 0 Å². The van der Waals surface area contributed by atoms with Gasteiger partial charge in [-0.25, -0.2) is 4.79 Å². The van der Waals surface area contributed by atoms with Gasteiger partial charge in [0.1, 0.15) is 24.4 Å².